The maximum atomic E-state index is 11.4. The minimum absolute atomic E-state index is 0.0814. The molecule has 0 radical (unpaired) electrons. The average Bonchev–Trinajstić information content (AvgIpc) is 2.72. The summed E-state index contributed by atoms with van der Waals surface area (Å²) in [4.78, 5) is 11.4. The van der Waals surface area contributed by atoms with E-state index in [0.29, 0.717) is 12.8 Å². The van der Waals surface area contributed by atoms with E-state index in [4.69, 9.17) is 15.3 Å². The van der Waals surface area contributed by atoms with Crippen LogP contribution >= 0.6 is 0 Å². The van der Waals surface area contributed by atoms with Gasteiger partial charge in [0.25, 0.3) is 0 Å². The summed E-state index contributed by atoms with van der Waals surface area (Å²) in [7, 11) is 1.55. The van der Waals surface area contributed by atoms with Crippen molar-refractivity contribution >= 4 is 5.91 Å². The smallest absolute Gasteiger partial charge is 0.236 e. The lowest BCUT2D eigenvalue weighted by atomic mass is 10.0. The molecule has 0 atom stereocenters. The second-order valence-corrected chi connectivity index (χ2v) is 4.14. The van der Waals surface area contributed by atoms with Gasteiger partial charge in [0, 0.05) is 13.5 Å². The summed E-state index contributed by atoms with van der Waals surface area (Å²) in [6.07, 6.45) is 1.05. The molecule has 5 heteroatoms. The largest absolute Gasteiger partial charge is 0.454 e. The normalized spacial score (nSPS) is 12.6. The second kappa shape index (κ2) is 4.63. The van der Waals surface area contributed by atoms with Crippen molar-refractivity contribution in [2.24, 2.45) is 5.84 Å². The van der Waals surface area contributed by atoms with Gasteiger partial charge < -0.3 is 9.47 Å². The highest BCUT2D eigenvalue weighted by Gasteiger charge is 2.16. The summed E-state index contributed by atoms with van der Waals surface area (Å²) in [6.45, 7) is 2.26. The van der Waals surface area contributed by atoms with Crippen LogP contribution in [-0.2, 0) is 11.2 Å². The third kappa shape index (κ3) is 2.50. The van der Waals surface area contributed by atoms with E-state index in [1.165, 1.54) is 0 Å². The maximum Gasteiger partial charge on any atom is 0.236 e. The van der Waals surface area contributed by atoms with E-state index >= 15 is 0 Å². The Kier molecular flexibility index (Phi) is 3.19. The van der Waals surface area contributed by atoms with Gasteiger partial charge in [0.1, 0.15) is 0 Å². The first kappa shape index (κ1) is 11.7. The zero-order valence-electron chi connectivity index (χ0n) is 10.0. The number of hydrogen-bond donors (Lipinski definition) is 1. The average molecular weight is 236 g/mol. The molecule has 1 aromatic rings. The lowest BCUT2D eigenvalue weighted by molar-refractivity contribution is -0.130. The van der Waals surface area contributed by atoms with Gasteiger partial charge in [-0.25, -0.2) is 5.84 Å². The number of nitrogens with zero attached hydrogens (tertiary/aromatic N) is 1. The molecular formula is C12H16N2O3. The number of hydrogen-bond acceptors (Lipinski definition) is 4. The predicted octanol–water partition coefficient (Wildman–Crippen LogP) is 0.988. The van der Waals surface area contributed by atoms with E-state index in [-0.39, 0.29) is 12.7 Å². The van der Waals surface area contributed by atoms with Crippen LogP contribution in [0.1, 0.15) is 17.5 Å². The van der Waals surface area contributed by atoms with Crippen molar-refractivity contribution in [3.8, 4) is 11.5 Å². The zero-order chi connectivity index (χ0) is 12.4. The molecule has 0 aromatic heterocycles. The van der Waals surface area contributed by atoms with E-state index in [1.54, 1.807) is 7.05 Å². The van der Waals surface area contributed by atoms with Crippen LogP contribution in [0.15, 0.2) is 12.1 Å². The number of hydrazine groups is 1. The van der Waals surface area contributed by atoms with Crippen LogP contribution in [0.2, 0.25) is 0 Å². The molecule has 1 heterocycles. The molecule has 2 rings (SSSR count). The standard InChI is InChI=1S/C12H16N2O3/c1-8-5-10-11(17-7-16-10)6-9(8)3-4-12(15)14(2)13/h5-6H,3-4,7,13H2,1-2H3. The number of fused-ring (bicyclic) bond motifs is 1. The van der Waals surface area contributed by atoms with Gasteiger partial charge in [0.2, 0.25) is 12.7 Å². The van der Waals surface area contributed by atoms with Gasteiger partial charge in [0.15, 0.2) is 11.5 Å². The van der Waals surface area contributed by atoms with E-state index < -0.39 is 0 Å². The third-order valence-corrected chi connectivity index (χ3v) is 2.83. The molecule has 0 unspecified atom stereocenters. The molecule has 2 N–H and O–H groups in total. The van der Waals surface area contributed by atoms with E-state index in [1.807, 2.05) is 19.1 Å². The van der Waals surface area contributed by atoms with Crippen LogP contribution < -0.4 is 15.3 Å². The quantitative estimate of drug-likeness (QED) is 0.483. The number of ether oxygens (including phenoxy) is 2. The Bertz CT molecular complexity index is 444. The summed E-state index contributed by atoms with van der Waals surface area (Å²) in [6, 6.07) is 3.87. The molecule has 0 aliphatic carbocycles. The van der Waals surface area contributed by atoms with Crippen molar-refractivity contribution in [1.29, 1.82) is 0 Å². The first-order valence-corrected chi connectivity index (χ1v) is 5.48. The molecule has 0 fully saturated rings. The van der Waals surface area contributed by atoms with Crippen molar-refractivity contribution in [3.05, 3.63) is 23.3 Å². The molecule has 1 aromatic carbocycles. The van der Waals surface area contributed by atoms with E-state index in [9.17, 15) is 4.79 Å². The first-order valence-electron chi connectivity index (χ1n) is 5.48. The van der Waals surface area contributed by atoms with Crippen LogP contribution in [0.4, 0.5) is 0 Å². The molecule has 1 aliphatic rings. The number of carbonyl (C=O) groups excluding carboxylic acids is 1. The Labute approximate surface area is 100 Å². The Hall–Kier alpha value is -1.75. The summed E-state index contributed by atoms with van der Waals surface area (Å²) < 4.78 is 10.6. The van der Waals surface area contributed by atoms with Crippen molar-refractivity contribution in [3.63, 3.8) is 0 Å². The Balaban J connectivity index is 2.09. The van der Waals surface area contributed by atoms with E-state index in [0.717, 1.165) is 27.6 Å². The predicted molar refractivity (Wildman–Crippen MR) is 62.6 cm³/mol. The summed E-state index contributed by atoms with van der Waals surface area (Å²) >= 11 is 0. The van der Waals surface area contributed by atoms with Crippen molar-refractivity contribution in [2.45, 2.75) is 19.8 Å². The molecular weight excluding hydrogens is 220 g/mol. The Morgan fingerprint density at radius 3 is 2.71 bits per heavy atom. The highest BCUT2D eigenvalue weighted by molar-refractivity contribution is 5.75. The van der Waals surface area contributed by atoms with Gasteiger partial charge in [-0.05, 0) is 36.6 Å². The van der Waals surface area contributed by atoms with Crippen LogP contribution in [0.25, 0.3) is 0 Å². The number of aryl methyl sites for hydroxylation is 2. The van der Waals surface area contributed by atoms with Crippen molar-refractivity contribution in [1.82, 2.24) is 5.01 Å². The molecule has 0 saturated heterocycles. The Morgan fingerprint density at radius 1 is 1.41 bits per heavy atom. The Morgan fingerprint density at radius 2 is 2.06 bits per heavy atom. The van der Waals surface area contributed by atoms with Gasteiger partial charge in [0.05, 0.1) is 0 Å². The fourth-order valence-corrected chi connectivity index (χ4v) is 1.77. The van der Waals surface area contributed by atoms with Crippen LogP contribution in [0.5, 0.6) is 11.5 Å². The highest BCUT2D eigenvalue weighted by atomic mass is 16.7. The lowest BCUT2D eigenvalue weighted by Gasteiger charge is -2.11. The lowest BCUT2D eigenvalue weighted by Crippen LogP contribution is -2.33. The third-order valence-electron chi connectivity index (χ3n) is 2.83. The molecule has 0 bridgehead atoms. The summed E-state index contributed by atoms with van der Waals surface area (Å²) in [5, 5.41) is 1.11. The monoisotopic (exact) mass is 236 g/mol. The second-order valence-electron chi connectivity index (χ2n) is 4.14. The fraction of sp³-hybridized carbons (Fsp3) is 0.417. The minimum atomic E-state index is -0.0814. The first-order chi connectivity index (χ1) is 8.08. The minimum Gasteiger partial charge on any atom is -0.454 e. The molecule has 0 saturated carbocycles. The van der Waals surface area contributed by atoms with Crippen molar-refractivity contribution in [2.75, 3.05) is 13.8 Å². The summed E-state index contributed by atoms with van der Waals surface area (Å²) in [5.41, 5.74) is 2.19. The fourth-order valence-electron chi connectivity index (χ4n) is 1.77. The number of nitrogens with two attached hydrogens (primary N) is 1. The SMILES string of the molecule is Cc1cc2c(cc1CCC(=O)N(C)N)OCO2. The van der Waals surface area contributed by atoms with Crippen LogP contribution in [-0.4, -0.2) is 24.8 Å². The molecule has 1 amide bonds. The number of amides is 1. The molecule has 0 spiro atoms. The molecule has 17 heavy (non-hydrogen) atoms. The van der Waals surface area contributed by atoms with Gasteiger partial charge in [-0.3, -0.25) is 9.80 Å². The number of benzene rings is 1. The topological polar surface area (TPSA) is 64.8 Å². The van der Waals surface area contributed by atoms with Gasteiger partial charge >= 0.3 is 0 Å². The highest BCUT2D eigenvalue weighted by Crippen LogP contribution is 2.34. The molecule has 5 nitrogen and oxygen atoms in total. The van der Waals surface area contributed by atoms with Gasteiger partial charge in [-0.2, -0.15) is 0 Å². The molecule has 92 valence electrons. The number of carbonyl (C=O) groups is 1. The molecule has 1 aliphatic heterocycles. The number of rotatable bonds is 3. The maximum absolute atomic E-state index is 11.4. The van der Waals surface area contributed by atoms with E-state index in [2.05, 4.69) is 0 Å². The van der Waals surface area contributed by atoms with Crippen molar-refractivity contribution < 1.29 is 14.3 Å². The van der Waals surface area contributed by atoms with Gasteiger partial charge in [-0.15, -0.1) is 0 Å². The van der Waals surface area contributed by atoms with Crippen LogP contribution in [0, 0.1) is 6.92 Å². The summed E-state index contributed by atoms with van der Waals surface area (Å²) in [5.74, 6) is 6.81. The van der Waals surface area contributed by atoms with Crippen LogP contribution in [0.3, 0.4) is 0 Å². The zero-order valence-corrected chi connectivity index (χ0v) is 10.0. The van der Waals surface area contributed by atoms with Gasteiger partial charge in [-0.1, -0.05) is 0 Å².